The van der Waals surface area contributed by atoms with E-state index in [0.717, 1.165) is 31.9 Å². The number of nitrogens with zero attached hydrogens (tertiary/aromatic N) is 3. The van der Waals surface area contributed by atoms with Crippen molar-refractivity contribution in [2.45, 2.75) is 52.1 Å². The monoisotopic (exact) mass is 270 g/mol. The van der Waals surface area contributed by atoms with E-state index in [1.807, 2.05) is 16.4 Å². The van der Waals surface area contributed by atoms with Gasteiger partial charge >= 0.3 is 0 Å². The molecule has 1 rings (SSSR count). The number of aryl methyl sites for hydroxylation is 1. The third-order valence-corrected chi connectivity index (χ3v) is 3.56. The zero-order valence-electron chi connectivity index (χ0n) is 11.7. The Morgan fingerprint density at radius 2 is 2.11 bits per heavy atom. The van der Waals surface area contributed by atoms with Crippen LogP contribution in [0.2, 0.25) is 0 Å². The van der Waals surface area contributed by atoms with E-state index in [2.05, 4.69) is 28.6 Å². The summed E-state index contributed by atoms with van der Waals surface area (Å²) >= 11 is 1.94. The van der Waals surface area contributed by atoms with Crippen LogP contribution in [0.25, 0.3) is 0 Å². The fourth-order valence-electron chi connectivity index (χ4n) is 1.87. The lowest BCUT2D eigenvalue weighted by molar-refractivity contribution is 0.531. The number of aromatic nitrogens is 3. The van der Waals surface area contributed by atoms with E-state index in [9.17, 15) is 0 Å². The summed E-state index contributed by atoms with van der Waals surface area (Å²) in [5.74, 6) is 2.35. The fraction of sp³-hybridized carbons (Fsp3) is 0.846. The third-order valence-electron chi connectivity index (χ3n) is 2.87. The fourth-order valence-corrected chi connectivity index (χ4v) is 2.37. The molecule has 0 fully saturated rings. The largest absolute Gasteiger partial charge is 0.310 e. The Balaban J connectivity index is 2.01. The molecule has 0 saturated carbocycles. The highest BCUT2D eigenvalue weighted by molar-refractivity contribution is 7.98. The van der Waals surface area contributed by atoms with E-state index in [4.69, 9.17) is 0 Å². The Morgan fingerprint density at radius 3 is 2.89 bits per heavy atom. The number of nitrogens with one attached hydrogen (secondary N) is 1. The summed E-state index contributed by atoms with van der Waals surface area (Å²) in [7, 11) is 0. The molecule has 18 heavy (non-hydrogen) atoms. The molecule has 1 aromatic heterocycles. The Bertz CT molecular complexity index is 301. The number of thioether (sulfide) groups is 1. The Morgan fingerprint density at radius 1 is 1.28 bits per heavy atom. The summed E-state index contributed by atoms with van der Waals surface area (Å²) in [5.41, 5.74) is 0. The second-order valence-electron chi connectivity index (χ2n) is 4.48. The Labute approximate surface area is 115 Å². The Hall–Kier alpha value is -0.550. The topological polar surface area (TPSA) is 42.7 Å². The van der Waals surface area contributed by atoms with E-state index < -0.39 is 0 Å². The number of hydrogen-bond acceptors (Lipinski definition) is 4. The average molecular weight is 270 g/mol. The van der Waals surface area contributed by atoms with Crippen LogP contribution in [-0.4, -0.2) is 33.3 Å². The van der Waals surface area contributed by atoms with Crippen LogP contribution in [0, 0.1) is 0 Å². The molecule has 0 atom stereocenters. The lowest BCUT2D eigenvalue weighted by atomic mass is 10.2. The van der Waals surface area contributed by atoms with Gasteiger partial charge in [-0.2, -0.15) is 16.9 Å². The molecule has 0 spiro atoms. The van der Waals surface area contributed by atoms with Gasteiger partial charge in [-0.05, 0) is 37.8 Å². The molecule has 0 saturated heterocycles. The van der Waals surface area contributed by atoms with Crippen molar-refractivity contribution in [1.29, 1.82) is 0 Å². The molecule has 4 nitrogen and oxygen atoms in total. The molecule has 0 aliphatic rings. The van der Waals surface area contributed by atoms with E-state index in [1.165, 1.54) is 31.4 Å². The highest BCUT2D eigenvalue weighted by Crippen LogP contribution is 2.04. The van der Waals surface area contributed by atoms with Crippen LogP contribution in [0.4, 0.5) is 0 Å². The lowest BCUT2D eigenvalue weighted by Gasteiger charge is -2.06. The molecular formula is C13H26N4S. The summed E-state index contributed by atoms with van der Waals surface area (Å²) < 4.78 is 1.99. The molecule has 0 bridgehead atoms. The van der Waals surface area contributed by atoms with Gasteiger partial charge in [-0.3, -0.25) is 0 Å². The minimum atomic E-state index is 0.838. The molecule has 0 unspecified atom stereocenters. The van der Waals surface area contributed by atoms with Crippen molar-refractivity contribution in [3.63, 3.8) is 0 Å². The molecule has 0 radical (unpaired) electrons. The molecule has 0 amide bonds. The van der Waals surface area contributed by atoms with Gasteiger partial charge in [-0.25, -0.2) is 9.67 Å². The summed E-state index contributed by atoms with van der Waals surface area (Å²) in [4.78, 5) is 4.28. The highest BCUT2D eigenvalue weighted by atomic mass is 32.2. The molecule has 1 N–H and O–H groups in total. The van der Waals surface area contributed by atoms with Gasteiger partial charge in [0.2, 0.25) is 0 Å². The summed E-state index contributed by atoms with van der Waals surface area (Å²) in [6, 6.07) is 0. The zero-order valence-corrected chi connectivity index (χ0v) is 12.5. The van der Waals surface area contributed by atoms with Crippen molar-refractivity contribution < 1.29 is 0 Å². The van der Waals surface area contributed by atoms with Crippen molar-refractivity contribution in [2.75, 3.05) is 18.6 Å². The maximum Gasteiger partial charge on any atom is 0.140 e. The van der Waals surface area contributed by atoms with Gasteiger partial charge in [0.25, 0.3) is 0 Å². The van der Waals surface area contributed by atoms with E-state index in [1.54, 1.807) is 6.33 Å². The van der Waals surface area contributed by atoms with Crippen molar-refractivity contribution in [2.24, 2.45) is 0 Å². The normalized spacial score (nSPS) is 11.0. The van der Waals surface area contributed by atoms with E-state index in [-0.39, 0.29) is 0 Å². The molecule has 104 valence electrons. The molecule has 1 aromatic rings. The van der Waals surface area contributed by atoms with Crippen LogP contribution < -0.4 is 5.32 Å². The summed E-state index contributed by atoms with van der Waals surface area (Å²) in [6.07, 6.45) is 10.2. The van der Waals surface area contributed by atoms with Gasteiger partial charge in [0, 0.05) is 6.54 Å². The standard InChI is InChI=1S/C13H26N4S/c1-3-9-17-13(15-12-16-17)11-14-8-6-4-5-7-10-18-2/h12,14H,3-11H2,1-2H3. The van der Waals surface area contributed by atoms with E-state index in [0.29, 0.717) is 0 Å². The second-order valence-corrected chi connectivity index (χ2v) is 5.47. The van der Waals surface area contributed by atoms with Crippen molar-refractivity contribution >= 4 is 11.8 Å². The van der Waals surface area contributed by atoms with Gasteiger partial charge in [-0.15, -0.1) is 0 Å². The minimum absolute atomic E-state index is 0.838. The minimum Gasteiger partial charge on any atom is -0.310 e. The van der Waals surface area contributed by atoms with Crippen LogP contribution in [-0.2, 0) is 13.1 Å². The van der Waals surface area contributed by atoms with Crippen molar-refractivity contribution in [3.05, 3.63) is 12.2 Å². The summed E-state index contributed by atoms with van der Waals surface area (Å²) in [5, 5.41) is 7.67. The van der Waals surface area contributed by atoms with Crippen molar-refractivity contribution in [1.82, 2.24) is 20.1 Å². The highest BCUT2D eigenvalue weighted by Gasteiger charge is 2.01. The van der Waals surface area contributed by atoms with Gasteiger partial charge in [0.15, 0.2) is 0 Å². The van der Waals surface area contributed by atoms with Crippen LogP contribution in [0.15, 0.2) is 6.33 Å². The first-order valence-electron chi connectivity index (χ1n) is 6.94. The van der Waals surface area contributed by atoms with Crippen molar-refractivity contribution in [3.8, 4) is 0 Å². The molecule has 5 heteroatoms. The van der Waals surface area contributed by atoms with Crippen LogP contribution in [0.1, 0.15) is 44.9 Å². The maximum absolute atomic E-state index is 4.28. The lowest BCUT2D eigenvalue weighted by Crippen LogP contribution is -2.18. The van der Waals surface area contributed by atoms with Crippen LogP contribution in [0.5, 0.6) is 0 Å². The molecule has 1 heterocycles. The first kappa shape index (κ1) is 15.5. The average Bonchev–Trinajstić information content (AvgIpc) is 2.81. The van der Waals surface area contributed by atoms with Gasteiger partial charge in [0.1, 0.15) is 12.2 Å². The third kappa shape index (κ3) is 6.40. The van der Waals surface area contributed by atoms with Gasteiger partial charge < -0.3 is 5.32 Å². The Kier molecular flexibility index (Phi) is 8.94. The predicted molar refractivity (Wildman–Crippen MR) is 78.9 cm³/mol. The number of unbranched alkanes of at least 4 members (excludes halogenated alkanes) is 3. The first-order chi connectivity index (χ1) is 8.88. The quantitative estimate of drug-likeness (QED) is 0.628. The second kappa shape index (κ2) is 10.4. The molecule has 0 aliphatic carbocycles. The van der Waals surface area contributed by atoms with Crippen LogP contribution >= 0.6 is 11.8 Å². The maximum atomic E-state index is 4.28. The molecular weight excluding hydrogens is 244 g/mol. The summed E-state index contributed by atoms with van der Waals surface area (Å²) in [6.45, 7) is 5.04. The van der Waals surface area contributed by atoms with Gasteiger partial charge in [0.05, 0.1) is 6.54 Å². The number of hydrogen-bond donors (Lipinski definition) is 1. The van der Waals surface area contributed by atoms with Crippen LogP contribution in [0.3, 0.4) is 0 Å². The first-order valence-corrected chi connectivity index (χ1v) is 8.34. The van der Waals surface area contributed by atoms with Gasteiger partial charge in [-0.1, -0.05) is 19.8 Å². The predicted octanol–water partition coefficient (Wildman–Crippen LogP) is 2.70. The van der Waals surface area contributed by atoms with E-state index >= 15 is 0 Å². The number of rotatable bonds is 11. The zero-order chi connectivity index (χ0) is 13.1. The molecule has 0 aliphatic heterocycles. The smallest absolute Gasteiger partial charge is 0.140 e. The molecule has 0 aromatic carbocycles. The SMILES string of the molecule is CCCn1ncnc1CNCCCCCCSC.